The number of rotatable bonds is 1. The fraction of sp³-hybridized carbons (Fsp3) is 0.350. The molecule has 0 radical (unpaired) electrons. The zero-order valence-electron chi connectivity index (χ0n) is 14.1. The second-order valence-corrected chi connectivity index (χ2v) is 7.02. The standard InChI is InChI=1S/C20H22N2O/c1-13(2)14-9-10-18-16(11-14)20(19(23)21(18)3)12-15-7-5-6-8-17(15)22(20)4/h5-11,13H,12H2,1-4H3. The molecule has 23 heavy (non-hydrogen) atoms. The molecule has 1 amide bonds. The molecule has 0 bridgehead atoms. The van der Waals surface area contributed by atoms with E-state index in [4.69, 9.17) is 0 Å². The second kappa shape index (κ2) is 4.60. The van der Waals surface area contributed by atoms with Crippen LogP contribution in [0.15, 0.2) is 42.5 Å². The highest BCUT2D eigenvalue weighted by Gasteiger charge is 2.56. The van der Waals surface area contributed by atoms with E-state index >= 15 is 0 Å². The lowest BCUT2D eigenvalue weighted by molar-refractivity contribution is -0.122. The van der Waals surface area contributed by atoms with Gasteiger partial charge >= 0.3 is 0 Å². The van der Waals surface area contributed by atoms with Crippen molar-refractivity contribution in [1.82, 2.24) is 0 Å². The maximum atomic E-state index is 13.2. The number of likely N-dealkylation sites (N-methyl/N-ethyl adjacent to an activating group) is 2. The zero-order valence-corrected chi connectivity index (χ0v) is 14.1. The molecule has 2 aromatic carbocycles. The van der Waals surface area contributed by atoms with Gasteiger partial charge in [-0.25, -0.2) is 0 Å². The van der Waals surface area contributed by atoms with Crippen LogP contribution in [0.3, 0.4) is 0 Å². The van der Waals surface area contributed by atoms with Crippen molar-refractivity contribution in [3.8, 4) is 0 Å². The number of fused-ring (bicyclic) bond motifs is 3. The fourth-order valence-electron chi connectivity index (χ4n) is 4.12. The van der Waals surface area contributed by atoms with Crippen molar-refractivity contribution in [1.29, 1.82) is 0 Å². The molecule has 4 rings (SSSR count). The van der Waals surface area contributed by atoms with Crippen LogP contribution in [-0.4, -0.2) is 20.0 Å². The molecular weight excluding hydrogens is 284 g/mol. The van der Waals surface area contributed by atoms with Crippen molar-refractivity contribution in [2.75, 3.05) is 23.9 Å². The summed E-state index contributed by atoms with van der Waals surface area (Å²) in [4.78, 5) is 17.2. The van der Waals surface area contributed by atoms with Crippen LogP contribution < -0.4 is 9.80 Å². The molecule has 2 aliphatic heterocycles. The van der Waals surface area contributed by atoms with Crippen LogP contribution in [0.1, 0.15) is 36.5 Å². The van der Waals surface area contributed by atoms with Crippen LogP contribution in [0, 0.1) is 0 Å². The fourth-order valence-corrected chi connectivity index (χ4v) is 4.12. The van der Waals surface area contributed by atoms with Crippen LogP contribution >= 0.6 is 0 Å². The van der Waals surface area contributed by atoms with Crippen molar-refractivity contribution in [3.63, 3.8) is 0 Å². The third kappa shape index (κ3) is 1.68. The molecule has 118 valence electrons. The summed E-state index contributed by atoms with van der Waals surface area (Å²) in [5.41, 5.74) is 5.31. The smallest absolute Gasteiger partial charge is 0.257 e. The number of para-hydroxylation sites is 1. The molecule has 2 aromatic rings. The van der Waals surface area contributed by atoms with Gasteiger partial charge in [-0.2, -0.15) is 0 Å². The largest absolute Gasteiger partial charge is 0.356 e. The SMILES string of the molecule is CC(C)c1ccc2c(c1)C1(Cc3ccccc3N1C)C(=O)N2C. The Bertz CT molecular complexity index is 811. The Balaban J connectivity index is 1.95. The second-order valence-electron chi connectivity index (χ2n) is 7.02. The Labute approximate surface area is 137 Å². The molecule has 1 unspecified atom stereocenters. The van der Waals surface area contributed by atoms with Gasteiger partial charge in [0.15, 0.2) is 5.54 Å². The van der Waals surface area contributed by atoms with E-state index in [9.17, 15) is 4.79 Å². The van der Waals surface area contributed by atoms with E-state index in [1.807, 2.05) is 18.0 Å². The van der Waals surface area contributed by atoms with Crippen molar-refractivity contribution in [2.24, 2.45) is 0 Å². The number of nitrogens with zero attached hydrogens (tertiary/aromatic N) is 2. The summed E-state index contributed by atoms with van der Waals surface area (Å²) >= 11 is 0. The first-order chi connectivity index (χ1) is 11.0. The first kappa shape index (κ1) is 14.3. The Morgan fingerprint density at radius 3 is 2.48 bits per heavy atom. The average Bonchev–Trinajstić information content (AvgIpc) is 2.97. The first-order valence-electron chi connectivity index (χ1n) is 8.21. The maximum absolute atomic E-state index is 13.2. The molecule has 0 saturated heterocycles. The van der Waals surface area contributed by atoms with Gasteiger partial charge in [0, 0.05) is 37.5 Å². The van der Waals surface area contributed by atoms with E-state index in [-0.39, 0.29) is 5.91 Å². The molecule has 3 heteroatoms. The number of carbonyl (C=O) groups excluding carboxylic acids is 1. The normalized spacial score (nSPS) is 22.2. The average molecular weight is 306 g/mol. The van der Waals surface area contributed by atoms with Gasteiger partial charge in [0.1, 0.15) is 0 Å². The summed E-state index contributed by atoms with van der Waals surface area (Å²) in [7, 11) is 3.94. The minimum absolute atomic E-state index is 0.173. The Morgan fingerprint density at radius 2 is 1.78 bits per heavy atom. The van der Waals surface area contributed by atoms with E-state index in [1.54, 1.807) is 0 Å². The zero-order chi connectivity index (χ0) is 16.4. The van der Waals surface area contributed by atoms with Crippen LogP contribution in [-0.2, 0) is 16.8 Å². The van der Waals surface area contributed by atoms with Gasteiger partial charge in [-0.1, -0.05) is 44.2 Å². The molecule has 2 heterocycles. The quantitative estimate of drug-likeness (QED) is 0.802. The predicted octanol–water partition coefficient (Wildman–Crippen LogP) is 3.67. The number of benzene rings is 2. The van der Waals surface area contributed by atoms with Crippen LogP contribution in [0.2, 0.25) is 0 Å². The number of amides is 1. The van der Waals surface area contributed by atoms with Crippen molar-refractivity contribution in [2.45, 2.75) is 31.7 Å². The highest BCUT2D eigenvalue weighted by molar-refractivity contribution is 6.10. The molecular formula is C20H22N2O. The van der Waals surface area contributed by atoms with Gasteiger partial charge in [0.25, 0.3) is 5.91 Å². The van der Waals surface area contributed by atoms with E-state index in [0.29, 0.717) is 5.92 Å². The number of hydrogen-bond acceptors (Lipinski definition) is 2. The van der Waals surface area contributed by atoms with Gasteiger partial charge in [-0.15, -0.1) is 0 Å². The Kier molecular flexibility index (Phi) is 2.87. The van der Waals surface area contributed by atoms with Crippen LogP contribution in [0.25, 0.3) is 0 Å². The Morgan fingerprint density at radius 1 is 1.04 bits per heavy atom. The van der Waals surface area contributed by atoms with E-state index in [2.05, 4.69) is 62.2 Å². The summed E-state index contributed by atoms with van der Waals surface area (Å²) in [6, 6.07) is 14.8. The molecule has 2 aliphatic rings. The van der Waals surface area contributed by atoms with Gasteiger partial charge in [-0.05, 0) is 29.2 Å². The highest BCUT2D eigenvalue weighted by atomic mass is 16.2. The molecule has 1 spiro atoms. The van der Waals surface area contributed by atoms with Gasteiger partial charge in [0.2, 0.25) is 0 Å². The lowest BCUT2D eigenvalue weighted by Gasteiger charge is -2.33. The topological polar surface area (TPSA) is 23.6 Å². The van der Waals surface area contributed by atoms with E-state index < -0.39 is 5.54 Å². The summed E-state index contributed by atoms with van der Waals surface area (Å²) in [5.74, 6) is 0.625. The van der Waals surface area contributed by atoms with Gasteiger partial charge < -0.3 is 9.80 Å². The van der Waals surface area contributed by atoms with Gasteiger partial charge in [-0.3, -0.25) is 4.79 Å². The predicted molar refractivity (Wildman–Crippen MR) is 94.2 cm³/mol. The molecule has 0 aromatic heterocycles. The molecule has 0 aliphatic carbocycles. The van der Waals surface area contributed by atoms with Crippen molar-refractivity contribution >= 4 is 17.3 Å². The number of hydrogen-bond donors (Lipinski definition) is 0. The number of anilines is 2. The molecule has 1 atom stereocenters. The van der Waals surface area contributed by atoms with Crippen LogP contribution in [0.5, 0.6) is 0 Å². The summed E-state index contributed by atoms with van der Waals surface area (Å²) in [5, 5.41) is 0. The minimum atomic E-state index is -0.585. The monoisotopic (exact) mass is 306 g/mol. The third-order valence-corrected chi connectivity index (χ3v) is 5.52. The maximum Gasteiger partial charge on any atom is 0.257 e. The minimum Gasteiger partial charge on any atom is -0.356 e. The first-order valence-corrected chi connectivity index (χ1v) is 8.21. The molecule has 0 saturated carbocycles. The van der Waals surface area contributed by atoms with Crippen molar-refractivity contribution in [3.05, 3.63) is 59.2 Å². The highest BCUT2D eigenvalue weighted by Crippen LogP contribution is 2.52. The lowest BCUT2D eigenvalue weighted by Crippen LogP contribution is -2.49. The third-order valence-electron chi connectivity index (χ3n) is 5.52. The van der Waals surface area contributed by atoms with Gasteiger partial charge in [0.05, 0.1) is 0 Å². The Hall–Kier alpha value is -2.29. The van der Waals surface area contributed by atoms with Crippen LogP contribution in [0.4, 0.5) is 11.4 Å². The molecule has 3 nitrogen and oxygen atoms in total. The van der Waals surface area contributed by atoms with E-state index in [1.165, 1.54) is 11.1 Å². The lowest BCUT2D eigenvalue weighted by atomic mass is 9.85. The number of carbonyl (C=O) groups is 1. The summed E-state index contributed by atoms with van der Waals surface area (Å²) in [6.45, 7) is 4.39. The summed E-state index contributed by atoms with van der Waals surface area (Å²) in [6.07, 6.45) is 0.747. The molecule has 0 N–H and O–H groups in total. The molecule has 0 fully saturated rings. The van der Waals surface area contributed by atoms with Crippen molar-refractivity contribution < 1.29 is 4.79 Å². The summed E-state index contributed by atoms with van der Waals surface area (Å²) < 4.78 is 0. The van der Waals surface area contributed by atoms with E-state index in [0.717, 1.165) is 23.4 Å².